The molecule has 0 aliphatic carbocycles. The van der Waals surface area contributed by atoms with Crippen molar-refractivity contribution >= 4 is 17.5 Å². The zero-order chi connectivity index (χ0) is 20.8. The number of ether oxygens (including phenoxy) is 4. The molecule has 2 aliphatic heterocycles. The SMILES string of the molecule is COc1cc(CC(=O)C2C(=O)OC(CCCN3CCOCC3)C2=O)cc(OC)c1. The monoisotopic (exact) mass is 405 g/mol. The normalized spacial score (nSPS) is 22.4. The lowest BCUT2D eigenvalue weighted by atomic mass is 9.92. The van der Waals surface area contributed by atoms with Crippen molar-refractivity contribution in [2.75, 3.05) is 47.1 Å². The zero-order valence-corrected chi connectivity index (χ0v) is 16.8. The lowest BCUT2D eigenvalue weighted by molar-refractivity contribution is -0.146. The van der Waals surface area contributed by atoms with Crippen LogP contribution in [0, 0.1) is 5.92 Å². The maximum absolute atomic E-state index is 12.7. The molecule has 0 N–H and O–H groups in total. The number of ketones is 2. The van der Waals surface area contributed by atoms with E-state index in [4.69, 9.17) is 18.9 Å². The summed E-state index contributed by atoms with van der Waals surface area (Å²) in [6.07, 6.45) is 0.244. The summed E-state index contributed by atoms with van der Waals surface area (Å²) in [7, 11) is 3.03. The smallest absolute Gasteiger partial charge is 0.325 e. The van der Waals surface area contributed by atoms with Crippen LogP contribution in [-0.4, -0.2) is 75.6 Å². The van der Waals surface area contributed by atoms with Crippen molar-refractivity contribution < 1.29 is 33.3 Å². The van der Waals surface area contributed by atoms with Crippen molar-refractivity contribution in [2.24, 2.45) is 5.92 Å². The number of methoxy groups -OCH3 is 2. The first-order valence-electron chi connectivity index (χ1n) is 9.81. The van der Waals surface area contributed by atoms with Gasteiger partial charge in [0.05, 0.1) is 27.4 Å². The molecule has 0 amide bonds. The Kier molecular flexibility index (Phi) is 7.22. The third-order valence-corrected chi connectivity index (χ3v) is 5.25. The predicted octanol–water partition coefficient (Wildman–Crippen LogP) is 1.04. The van der Waals surface area contributed by atoms with E-state index < -0.39 is 29.6 Å². The third-order valence-electron chi connectivity index (χ3n) is 5.25. The molecule has 2 heterocycles. The van der Waals surface area contributed by atoms with E-state index in [-0.39, 0.29) is 6.42 Å². The van der Waals surface area contributed by atoms with E-state index in [2.05, 4.69) is 4.90 Å². The van der Waals surface area contributed by atoms with Crippen LogP contribution < -0.4 is 9.47 Å². The first-order valence-corrected chi connectivity index (χ1v) is 9.81. The molecule has 29 heavy (non-hydrogen) atoms. The van der Waals surface area contributed by atoms with E-state index >= 15 is 0 Å². The van der Waals surface area contributed by atoms with Crippen molar-refractivity contribution in [1.29, 1.82) is 0 Å². The van der Waals surface area contributed by atoms with Gasteiger partial charge in [0.2, 0.25) is 0 Å². The van der Waals surface area contributed by atoms with E-state index in [0.29, 0.717) is 36.7 Å². The second kappa shape index (κ2) is 9.84. The van der Waals surface area contributed by atoms with Gasteiger partial charge in [0.25, 0.3) is 0 Å². The summed E-state index contributed by atoms with van der Waals surface area (Å²) in [5.74, 6) is -1.92. The third kappa shape index (κ3) is 5.33. The molecular weight excluding hydrogens is 378 g/mol. The van der Waals surface area contributed by atoms with Crippen LogP contribution in [-0.2, 0) is 30.3 Å². The standard InChI is InChI=1S/C21H27NO7/c1-26-15-10-14(11-16(13-15)27-2)12-17(23)19-20(24)18(29-21(19)25)4-3-5-22-6-8-28-9-7-22/h10-11,13,18-19H,3-9,12H2,1-2H3. The van der Waals surface area contributed by atoms with Crippen LogP contribution in [0.5, 0.6) is 11.5 Å². The van der Waals surface area contributed by atoms with Gasteiger partial charge in [-0.05, 0) is 37.1 Å². The predicted molar refractivity (Wildman–Crippen MR) is 103 cm³/mol. The summed E-state index contributed by atoms with van der Waals surface area (Å²) in [6.45, 7) is 3.96. The number of carbonyl (C=O) groups excluding carboxylic acids is 3. The van der Waals surface area contributed by atoms with Gasteiger partial charge in [-0.3, -0.25) is 19.3 Å². The number of Topliss-reactive ketones (excluding diaryl/α,β-unsaturated/α-hetero) is 2. The van der Waals surface area contributed by atoms with E-state index in [9.17, 15) is 14.4 Å². The van der Waals surface area contributed by atoms with Crippen LogP contribution in [0.15, 0.2) is 18.2 Å². The number of rotatable bonds is 9. The fourth-order valence-electron chi connectivity index (χ4n) is 3.66. The van der Waals surface area contributed by atoms with Crippen molar-refractivity contribution in [3.8, 4) is 11.5 Å². The number of morpholine rings is 1. The number of cyclic esters (lactones) is 1. The molecule has 0 bridgehead atoms. The molecule has 8 nitrogen and oxygen atoms in total. The van der Waals surface area contributed by atoms with Crippen molar-refractivity contribution in [3.63, 3.8) is 0 Å². The molecule has 2 unspecified atom stereocenters. The molecule has 2 aliphatic rings. The first-order chi connectivity index (χ1) is 14.0. The molecule has 2 atom stereocenters. The Morgan fingerprint density at radius 2 is 1.76 bits per heavy atom. The highest BCUT2D eigenvalue weighted by molar-refractivity contribution is 6.22. The van der Waals surface area contributed by atoms with E-state index in [1.807, 2.05) is 0 Å². The minimum Gasteiger partial charge on any atom is -0.497 e. The maximum Gasteiger partial charge on any atom is 0.325 e. The molecule has 2 fully saturated rings. The van der Waals surface area contributed by atoms with Gasteiger partial charge in [0.1, 0.15) is 11.5 Å². The van der Waals surface area contributed by atoms with Gasteiger partial charge in [-0.2, -0.15) is 0 Å². The lowest BCUT2D eigenvalue weighted by Crippen LogP contribution is -2.37. The molecule has 3 rings (SSSR count). The zero-order valence-electron chi connectivity index (χ0n) is 16.8. The number of hydrogen-bond acceptors (Lipinski definition) is 8. The van der Waals surface area contributed by atoms with E-state index in [1.54, 1.807) is 18.2 Å². The molecule has 0 spiro atoms. The average Bonchev–Trinajstić information content (AvgIpc) is 3.01. The van der Waals surface area contributed by atoms with Crippen LogP contribution in [0.25, 0.3) is 0 Å². The van der Waals surface area contributed by atoms with Gasteiger partial charge in [-0.15, -0.1) is 0 Å². The highest BCUT2D eigenvalue weighted by Gasteiger charge is 2.47. The quantitative estimate of drug-likeness (QED) is 0.445. The Bertz CT molecular complexity index is 735. The van der Waals surface area contributed by atoms with Crippen molar-refractivity contribution in [3.05, 3.63) is 23.8 Å². The summed E-state index contributed by atoms with van der Waals surface area (Å²) >= 11 is 0. The van der Waals surface area contributed by atoms with E-state index in [0.717, 1.165) is 26.1 Å². The fourth-order valence-corrected chi connectivity index (χ4v) is 3.66. The number of carbonyl (C=O) groups is 3. The Hall–Kier alpha value is -2.45. The number of hydrogen-bond donors (Lipinski definition) is 0. The van der Waals surface area contributed by atoms with Gasteiger partial charge in [-0.1, -0.05) is 0 Å². The molecule has 0 radical (unpaired) electrons. The van der Waals surface area contributed by atoms with Crippen molar-refractivity contribution in [1.82, 2.24) is 4.90 Å². The summed E-state index contributed by atoms with van der Waals surface area (Å²) in [5, 5.41) is 0. The van der Waals surface area contributed by atoms with E-state index in [1.165, 1.54) is 14.2 Å². The largest absolute Gasteiger partial charge is 0.497 e. The Labute approximate surface area is 170 Å². The number of esters is 1. The summed E-state index contributed by atoms with van der Waals surface area (Å²) in [6, 6.07) is 5.06. The molecule has 1 aromatic rings. The lowest BCUT2D eigenvalue weighted by Gasteiger charge is -2.26. The van der Waals surface area contributed by atoms with Gasteiger partial charge in [-0.25, -0.2) is 0 Å². The highest BCUT2D eigenvalue weighted by atomic mass is 16.6. The van der Waals surface area contributed by atoms with Crippen LogP contribution in [0.2, 0.25) is 0 Å². The first kappa shape index (κ1) is 21.3. The molecule has 1 aromatic carbocycles. The molecule has 0 saturated carbocycles. The highest BCUT2D eigenvalue weighted by Crippen LogP contribution is 2.26. The van der Waals surface area contributed by atoms with Gasteiger partial charge < -0.3 is 18.9 Å². The summed E-state index contributed by atoms with van der Waals surface area (Å²) in [4.78, 5) is 39.8. The second-order valence-electron chi connectivity index (χ2n) is 7.22. The molecule has 2 saturated heterocycles. The fraction of sp³-hybridized carbons (Fsp3) is 0.571. The van der Waals surface area contributed by atoms with Crippen LogP contribution in [0.4, 0.5) is 0 Å². The molecule has 8 heteroatoms. The maximum atomic E-state index is 12.7. The van der Waals surface area contributed by atoms with Gasteiger partial charge in [0, 0.05) is 25.6 Å². The van der Waals surface area contributed by atoms with Gasteiger partial charge in [0.15, 0.2) is 23.6 Å². The Balaban J connectivity index is 1.56. The molecule has 0 aromatic heterocycles. The van der Waals surface area contributed by atoms with Crippen molar-refractivity contribution in [2.45, 2.75) is 25.4 Å². The van der Waals surface area contributed by atoms with Gasteiger partial charge >= 0.3 is 5.97 Å². The second-order valence-corrected chi connectivity index (χ2v) is 7.22. The van der Waals surface area contributed by atoms with Crippen LogP contribution in [0.3, 0.4) is 0 Å². The number of nitrogens with zero attached hydrogens (tertiary/aromatic N) is 1. The summed E-state index contributed by atoms with van der Waals surface area (Å²) in [5.41, 5.74) is 0.613. The van der Waals surface area contributed by atoms with Crippen LogP contribution in [0.1, 0.15) is 18.4 Å². The molecular formula is C21H27NO7. The Morgan fingerprint density at radius 3 is 2.38 bits per heavy atom. The Morgan fingerprint density at radius 1 is 1.10 bits per heavy atom. The topological polar surface area (TPSA) is 91.4 Å². The average molecular weight is 405 g/mol. The molecule has 158 valence electrons. The number of benzene rings is 1. The minimum atomic E-state index is -1.35. The van der Waals surface area contributed by atoms with Crippen LogP contribution >= 0.6 is 0 Å². The summed E-state index contributed by atoms with van der Waals surface area (Å²) < 4.78 is 20.9. The minimum absolute atomic E-state index is 0.0699.